The molecule has 3 aromatic rings. The van der Waals surface area contributed by atoms with Crippen molar-refractivity contribution in [2.75, 3.05) is 0 Å². The maximum atomic E-state index is 15.0. The molecule has 0 spiro atoms. The summed E-state index contributed by atoms with van der Waals surface area (Å²) in [4.78, 5) is -0.813. The molecule has 0 radical (unpaired) electrons. The van der Waals surface area contributed by atoms with Crippen molar-refractivity contribution in [3.8, 4) is 12.1 Å². The second-order valence-corrected chi connectivity index (χ2v) is 7.43. The topological polar surface area (TPSA) is 47.6 Å². The standard InChI is InChI=1S/C20H8F4N2S2/c21-13-5-1-3-7-15(13)27-19-17(23)11(9-25)12(10-26)18(24)20(19)28-16-8-4-2-6-14(16)22/h1-8H. The molecule has 0 unspecified atom stereocenters. The van der Waals surface area contributed by atoms with Gasteiger partial charge in [0.2, 0.25) is 0 Å². The van der Waals surface area contributed by atoms with E-state index in [-0.39, 0.29) is 9.79 Å². The van der Waals surface area contributed by atoms with Gasteiger partial charge in [-0.3, -0.25) is 0 Å². The van der Waals surface area contributed by atoms with Crippen LogP contribution < -0.4 is 0 Å². The van der Waals surface area contributed by atoms with Crippen molar-refractivity contribution in [2.24, 2.45) is 0 Å². The third kappa shape index (κ3) is 3.70. The van der Waals surface area contributed by atoms with E-state index in [1.54, 1.807) is 0 Å². The van der Waals surface area contributed by atoms with Gasteiger partial charge in [0.05, 0.1) is 9.79 Å². The van der Waals surface area contributed by atoms with E-state index in [1.165, 1.54) is 48.5 Å². The molecule has 0 saturated carbocycles. The van der Waals surface area contributed by atoms with Gasteiger partial charge in [0, 0.05) is 9.79 Å². The first-order chi connectivity index (χ1) is 13.5. The van der Waals surface area contributed by atoms with E-state index in [9.17, 15) is 17.6 Å². The van der Waals surface area contributed by atoms with Crippen molar-refractivity contribution in [2.45, 2.75) is 19.6 Å². The van der Waals surface area contributed by atoms with E-state index in [0.717, 1.165) is 12.1 Å². The van der Waals surface area contributed by atoms with Gasteiger partial charge in [-0.2, -0.15) is 10.5 Å². The van der Waals surface area contributed by atoms with Crippen molar-refractivity contribution in [3.63, 3.8) is 0 Å². The van der Waals surface area contributed by atoms with Crippen LogP contribution in [0.25, 0.3) is 0 Å². The Morgan fingerprint density at radius 1 is 0.607 bits per heavy atom. The molecule has 3 aromatic carbocycles. The predicted octanol–water partition coefficient (Wildman–Crippen LogP) is 6.29. The van der Waals surface area contributed by atoms with Crippen molar-refractivity contribution < 1.29 is 17.6 Å². The minimum Gasteiger partial charge on any atom is -0.206 e. The lowest BCUT2D eigenvalue weighted by Gasteiger charge is -2.14. The molecule has 0 aliphatic heterocycles. The van der Waals surface area contributed by atoms with Gasteiger partial charge in [-0.25, -0.2) is 17.6 Å². The molecule has 0 saturated heterocycles. The second kappa shape index (κ2) is 8.39. The summed E-state index contributed by atoms with van der Waals surface area (Å²) in [7, 11) is 0. The molecule has 0 atom stereocenters. The molecule has 0 aliphatic rings. The molecule has 0 N–H and O–H groups in total. The maximum absolute atomic E-state index is 15.0. The Kier molecular flexibility index (Phi) is 5.93. The molecular formula is C20H8F4N2S2. The van der Waals surface area contributed by atoms with E-state index >= 15 is 0 Å². The number of benzene rings is 3. The first kappa shape index (κ1) is 19.8. The summed E-state index contributed by atoms with van der Waals surface area (Å²) in [5, 5.41) is 18.3. The van der Waals surface area contributed by atoms with Gasteiger partial charge in [-0.15, -0.1) is 0 Å². The molecule has 0 aliphatic carbocycles. The summed E-state index contributed by atoms with van der Waals surface area (Å²) in [6.45, 7) is 0. The summed E-state index contributed by atoms with van der Waals surface area (Å²) in [5.41, 5.74) is -1.56. The van der Waals surface area contributed by atoms with Gasteiger partial charge < -0.3 is 0 Å². The molecule has 138 valence electrons. The largest absolute Gasteiger partial charge is 0.206 e. The lowest BCUT2D eigenvalue weighted by Crippen LogP contribution is -2.02. The Labute approximate surface area is 166 Å². The van der Waals surface area contributed by atoms with Gasteiger partial charge in [0.25, 0.3) is 0 Å². The minimum atomic E-state index is -1.16. The zero-order valence-corrected chi connectivity index (χ0v) is 15.5. The third-order valence-electron chi connectivity index (χ3n) is 3.61. The number of rotatable bonds is 4. The Bertz CT molecular complexity index is 1060. The third-order valence-corrected chi connectivity index (χ3v) is 6.02. The van der Waals surface area contributed by atoms with Crippen LogP contribution in [0.3, 0.4) is 0 Å². The quantitative estimate of drug-likeness (QED) is 0.469. The number of nitriles is 2. The molecule has 0 aromatic heterocycles. The number of hydrogen-bond donors (Lipinski definition) is 0. The smallest absolute Gasteiger partial charge is 0.157 e. The fourth-order valence-corrected chi connectivity index (χ4v) is 4.38. The maximum Gasteiger partial charge on any atom is 0.157 e. The molecular weight excluding hydrogens is 408 g/mol. The number of hydrogen-bond acceptors (Lipinski definition) is 4. The van der Waals surface area contributed by atoms with Crippen molar-refractivity contribution in [1.29, 1.82) is 10.5 Å². The van der Waals surface area contributed by atoms with E-state index in [4.69, 9.17) is 10.5 Å². The van der Waals surface area contributed by atoms with Gasteiger partial charge >= 0.3 is 0 Å². The lowest BCUT2D eigenvalue weighted by molar-refractivity contribution is 0.543. The molecule has 0 fully saturated rings. The predicted molar refractivity (Wildman–Crippen MR) is 96.8 cm³/mol. The van der Waals surface area contributed by atoms with E-state index in [0.29, 0.717) is 23.5 Å². The number of nitrogens with zero attached hydrogens (tertiary/aromatic N) is 2. The lowest BCUT2D eigenvalue weighted by atomic mass is 10.1. The summed E-state index contributed by atoms with van der Waals surface area (Å²) in [6.07, 6.45) is 0. The van der Waals surface area contributed by atoms with Crippen molar-refractivity contribution >= 4 is 23.5 Å². The highest BCUT2D eigenvalue weighted by Crippen LogP contribution is 2.45. The Balaban J connectivity index is 2.25. The van der Waals surface area contributed by atoms with Crippen LogP contribution in [-0.4, -0.2) is 0 Å². The zero-order chi connectivity index (χ0) is 20.3. The highest BCUT2D eigenvalue weighted by atomic mass is 32.2. The first-order valence-electron chi connectivity index (χ1n) is 7.67. The molecule has 8 heteroatoms. The Morgan fingerprint density at radius 3 is 1.29 bits per heavy atom. The van der Waals surface area contributed by atoms with Crippen LogP contribution in [0.1, 0.15) is 11.1 Å². The van der Waals surface area contributed by atoms with Crippen LogP contribution in [0.15, 0.2) is 68.1 Å². The average Bonchev–Trinajstić information content (AvgIpc) is 2.69. The van der Waals surface area contributed by atoms with E-state index in [1.807, 2.05) is 0 Å². The number of halogens is 4. The van der Waals surface area contributed by atoms with E-state index < -0.39 is 44.2 Å². The summed E-state index contributed by atoms with van der Waals surface area (Å²) >= 11 is 1.12. The zero-order valence-electron chi connectivity index (χ0n) is 13.8. The molecule has 3 rings (SSSR count). The molecule has 0 amide bonds. The molecule has 0 heterocycles. The van der Waals surface area contributed by atoms with Crippen LogP contribution in [0.4, 0.5) is 17.6 Å². The van der Waals surface area contributed by atoms with Crippen molar-refractivity contribution in [1.82, 2.24) is 0 Å². The summed E-state index contributed by atoms with van der Waals surface area (Å²) < 4.78 is 58.1. The van der Waals surface area contributed by atoms with Crippen LogP contribution >= 0.6 is 23.5 Å². The fraction of sp³-hybridized carbons (Fsp3) is 0. The van der Waals surface area contributed by atoms with Gasteiger partial charge in [0.15, 0.2) is 11.6 Å². The van der Waals surface area contributed by atoms with Crippen molar-refractivity contribution in [3.05, 3.63) is 82.9 Å². The SMILES string of the molecule is N#Cc1c(F)c(Sc2ccccc2F)c(Sc2ccccc2F)c(F)c1C#N. The fourth-order valence-electron chi connectivity index (χ4n) is 2.31. The Morgan fingerprint density at radius 2 is 0.964 bits per heavy atom. The van der Waals surface area contributed by atoms with Gasteiger partial charge in [-0.05, 0) is 24.3 Å². The van der Waals surface area contributed by atoms with Crippen LogP contribution in [-0.2, 0) is 0 Å². The first-order valence-corrected chi connectivity index (χ1v) is 9.31. The van der Waals surface area contributed by atoms with Crippen LogP contribution in [0, 0.1) is 45.9 Å². The van der Waals surface area contributed by atoms with Gasteiger partial charge in [0.1, 0.15) is 34.9 Å². The van der Waals surface area contributed by atoms with Crippen LogP contribution in [0.5, 0.6) is 0 Å². The van der Waals surface area contributed by atoms with Gasteiger partial charge in [-0.1, -0.05) is 47.8 Å². The monoisotopic (exact) mass is 416 g/mol. The molecule has 28 heavy (non-hydrogen) atoms. The normalized spacial score (nSPS) is 10.4. The minimum absolute atomic E-state index is 0.00946. The average molecular weight is 416 g/mol. The van der Waals surface area contributed by atoms with E-state index in [2.05, 4.69) is 0 Å². The second-order valence-electron chi connectivity index (χ2n) is 5.32. The highest BCUT2D eigenvalue weighted by molar-refractivity contribution is 8.02. The molecule has 2 nitrogen and oxygen atoms in total. The summed E-state index contributed by atoms with van der Waals surface area (Å²) in [5.74, 6) is -3.66. The van der Waals surface area contributed by atoms with Crippen LogP contribution in [0.2, 0.25) is 0 Å². The molecule has 0 bridgehead atoms. The highest BCUT2D eigenvalue weighted by Gasteiger charge is 2.27. The summed E-state index contributed by atoms with van der Waals surface area (Å²) in [6, 6.07) is 13.9. The Hall–Kier alpha value is -2.94.